The maximum absolute atomic E-state index is 11.3. The maximum Gasteiger partial charge on any atom is 0.333 e. The number of carbonyl (C=O) groups is 1. The van der Waals surface area contributed by atoms with Crippen LogP contribution in [-0.2, 0) is 9.53 Å². The normalized spacial score (nSPS) is 42.0. The van der Waals surface area contributed by atoms with Gasteiger partial charge in [-0.15, -0.1) is 0 Å². The van der Waals surface area contributed by atoms with Crippen LogP contribution >= 0.6 is 0 Å². The fraction of sp³-hybridized carbons (Fsp3) is 0.650. The molecule has 3 rings (SSSR count). The number of rotatable bonds is 2. The van der Waals surface area contributed by atoms with Gasteiger partial charge in [0.2, 0.25) is 6.29 Å². The van der Waals surface area contributed by atoms with Gasteiger partial charge in [-0.3, -0.25) is 0 Å². The predicted octanol–water partition coefficient (Wildman–Crippen LogP) is 3.11. The van der Waals surface area contributed by atoms with Gasteiger partial charge in [0, 0.05) is 17.6 Å². The maximum atomic E-state index is 11.3. The number of allylic oxidation sites excluding steroid dienone is 1. The average molecular weight is 332 g/mol. The van der Waals surface area contributed by atoms with Gasteiger partial charge < -0.3 is 14.9 Å². The van der Waals surface area contributed by atoms with E-state index >= 15 is 0 Å². The van der Waals surface area contributed by atoms with Crippen LogP contribution in [0, 0.1) is 22.7 Å². The summed E-state index contributed by atoms with van der Waals surface area (Å²) in [4.78, 5) is 11.3. The second-order valence-corrected chi connectivity index (χ2v) is 8.53. The van der Waals surface area contributed by atoms with Gasteiger partial charge in [-0.1, -0.05) is 51.5 Å². The molecule has 0 amide bonds. The van der Waals surface area contributed by atoms with E-state index in [4.69, 9.17) is 4.74 Å². The van der Waals surface area contributed by atoms with E-state index < -0.39 is 12.3 Å². The van der Waals surface area contributed by atoms with Crippen LogP contribution in [0.1, 0.15) is 46.5 Å². The minimum atomic E-state index is -1.18. The van der Waals surface area contributed by atoms with Crippen LogP contribution in [0.25, 0.3) is 0 Å². The number of hydrogen-bond donors (Lipinski definition) is 2. The SMILES string of the molecule is C=C1C[C@@H](O)[C@H]2C(C)(C)CCC[C@]2(C)[C@H]1/C=C/C1=CC(=O)O[C@H]1O. The molecule has 0 radical (unpaired) electrons. The standard InChI is InChI=1S/C20H28O4/c1-12-10-15(21)17-19(2,3)8-5-9-20(17,4)14(12)7-6-13-11-16(22)24-18(13)23/h6-7,11,14-15,17-18,21,23H,1,5,8-10H2,2-4H3/b7-6+/t14-,15+,17-,18+,20+/m0/s1. The Morgan fingerprint density at radius 1 is 1.29 bits per heavy atom. The Kier molecular flexibility index (Phi) is 4.25. The molecule has 0 aromatic carbocycles. The minimum Gasteiger partial charge on any atom is -0.428 e. The van der Waals surface area contributed by atoms with Crippen LogP contribution in [0.15, 0.2) is 36.0 Å². The quantitative estimate of drug-likeness (QED) is 0.602. The van der Waals surface area contributed by atoms with Crippen LogP contribution < -0.4 is 0 Å². The first kappa shape index (κ1) is 17.4. The van der Waals surface area contributed by atoms with E-state index in [0.29, 0.717) is 12.0 Å². The van der Waals surface area contributed by atoms with E-state index in [1.165, 1.54) is 6.08 Å². The first-order valence-corrected chi connectivity index (χ1v) is 8.79. The van der Waals surface area contributed by atoms with Gasteiger partial charge in [-0.25, -0.2) is 4.79 Å². The zero-order chi connectivity index (χ0) is 17.7. The Labute approximate surface area is 143 Å². The molecule has 0 unspecified atom stereocenters. The molecule has 0 saturated heterocycles. The molecular formula is C20H28O4. The van der Waals surface area contributed by atoms with Crippen molar-refractivity contribution in [2.75, 3.05) is 0 Å². The molecule has 2 N–H and O–H groups in total. The van der Waals surface area contributed by atoms with E-state index in [9.17, 15) is 15.0 Å². The average Bonchev–Trinajstić information content (AvgIpc) is 2.74. The number of cyclic esters (lactones) is 1. The van der Waals surface area contributed by atoms with Gasteiger partial charge in [-0.05, 0) is 36.0 Å². The summed E-state index contributed by atoms with van der Waals surface area (Å²) in [5.74, 6) is -0.184. The summed E-state index contributed by atoms with van der Waals surface area (Å²) < 4.78 is 4.73. The predicted molar refractivity (Wildman–Crippen MR) is 91.8 cm³/mol. The Bertz CT molecular complexity index is 615. The topological polar surface area (TPSA) is 66.8 Å². The summed E-state index contributed by atoms with van der Waals surface area (Å²) in [6, 6.07) is 0. The highest BCUT2D eigenvalue weighted by molar-refractivity contribution is 5.86. The van der Waals surface area contributed by atoms with Gasteiger partial charge in [0.05, 0.1) is 6.10 Å². The molecule has 0 spiro atoms. The summed E-state index contributed by atoms with van der Waals surface area (Å²) in [5, 5.41) is 20.5. The highest BCUT2D eigenvalue weighted by Crippen LogP contribution is 2.61. The summed E-state index contributed by atoms with van der Waals surface area (Å²) in [6.07, 6.45) is 7.53. The number of aliphatic hydroxyl groups is 2. The molecule has 0 aromatic rings. The number of fused-ring (bicyclic) bond motifs is 1. The third-order valence-electron chi connectivity index (χ3n) is 6.37. The molecule has 1 heterocycles. The molecule has 24 heavy (non-hydrogen) atoms. The molecule has 0 aromatic heterocycles. The van der Waals surface area contributed by atoms with E-state index in [2.05, 4.69) is 27.4 Å². The van der Waals surface area contributed by atoms with Crippen molar-refractivity contribution in [3.63, 3.8) is 0 Å². The van der Waals surface area contributed by atoms with Crippen molar-refractivity contribution in [2.24, 2.45) is 22.7 Å². The lowest BCUT2D eigenvalue weighted by atomic mass is 9.47. The minimum absolute atomic E-state index is 0.0675. The Hall–Kier alpha value is -1.39. The third kappa shape index (κ3) is 2.76. The summed E-state index contributed by atoms with van der Waals surface area (Å²) in [5.41, 5.74) is 1.52. The zero-order valence-corrected chi connectivity index (χ0v) is 14.8. The van der Waals surface area contributed by atoms with Crippen molar-refractivity contribution >= 4 is 5.97 Å². The van der Waals surface area contributed by atoms with Crippen LogP contribution in [0.3, 0.4) is 0 Å². The van der Waals surface area contributed by atoms with Crippen molar-refractivity contribution in [3.8, 4) is 0 Å². The summed E-state index contributed by atoms with van der Waals surface area (Å²) in [6.45, 7) is 11.0. The first-order chi connectivity index (χ1) is 11.1. The second kappa shape index (κ2) is 5.85. The Balaban J connectivity index is 1.93. The summed E-state index contributed by atoms with van der Waals surface area (Å²) in [7, 11) is 0. The van der Waals surface area contributed by atoms with Crippen LogP contribution in [0.5, 0.6) is 0 Å². The van der Waals surface area contributed by atoms with Crippen molar-refractivity contribution < 1.29 is 19.7 Å². The van der Waals surface area contributed by atoms with Crippen molar-refractivity contribution in [3.05, 3.63) is 36.0 Å². The van der Waals surface area contributed by atoms with E-state index in [-0.39, 0.29) is 28.8 Å². The molecule has 1 aliphatic heterocycles. The number of esters is 1. The molecule has 2 saturated carbocycles. The van der Waals surface area contributed by atoms with Gasteiger partial charge in [0.25, 0.3) is 0 Å². The lowest BCUT2D eigenvalue weighted by Crippen LogP contribution is -2.55. The number of carbonyl (C=O) groups excluding carboxylic acids is 1. The molecule has 132 valence electrons. The molecule has 4 heteroatoms. The highest BCUT2D eigenvalue weighted by atomic mass is 16.6. The molecule has 5 atom stereocenters. The fourth-order valence-corrected chi connectivity index (χ4v) is 5.53. The third-order valence-corrected chi connectivity index (χ3v) is 6.37. The van der Waals surface area contributed by atoms with Gasteiger partial charge in [0.15, 0.2) is 0 Å². The van der Waals surface area contributed by atoms with Gasteiger partial charge in [0.1, 0.15) is 0 Å². The van der Waals surface area contributed by atoms with Crippen LogP contribution in [0.2, 0.25) is 0 Å². The fourth-order valence-electron chi connectivity index (χ4n) is 5.53. The first-order valence-electron chi connectivity index (χ1n) is 8.79. The molecular weight excluding hydrogens is 304 g/mol. The van der Waals surface area contributed by atoms with Crippen molar-refractivity contribution in [2.45, 2.75) is 58.8 Å². The lowest BCUT2D eigenvalue weighted by Gasteiger charge is -2.59. The van der Waals surface area contributed by atoms with Crippen molar-refractivity contribution in [1.29, 1.82) is 0 Å². The number of aliphatic hydroxyl groups excluding tert-OH is 2. The highest BCUT2D eigenvalue weighted by Gasteiger charge is 2.55. The lowest BCUT2D eigenvalue weighted by molar-refractivity contribution is -0.150. The molecule has 2 fully saturated rings. The zero-order valence-electron chi connectivity index (χ0n) is 14.8. The molecule has 2 aliphatic carbocycles. The number of hydrogen-bond acceptors (Lipinski definition) is 4. The van der Waals surface area contributed by atoms with Gasteiger partial charge >= 0.3 is 5.97 Å². The molecule has 3 aliphatic rings. The Morgan fingerprint density at radius 3 is 2.62 bits per heavy atom. The van der Waals surface area contributed by atoms with E-state index in [1.54, 1.807) is 6.08 Å². The summed E-state index contributed by atoms with van der Waals surface area (Å²) >= 11 is 0. The molecule has 4 nitrogen and oxygen atoms in total. The number of ether oxygens (including phenoxy) is 1. The Morgan fingerprint density at radius 2 is 2.00 bits per heavy atom. The van der Waals surface area contributed by atoms with Crippen LogP contribution in [0.4, 0.5) is 0 Å². The second-order valence-electron chi connectivity index (χ2n) is 8.53. The van der Waals surface area contributed by atoms with E-state index in [1.807, 2.05) is 6.08 Å². The van der Waals surface area contributed by atoms with E-state index in [0.717, 1.165) is 24.8 Å². The smallest absolute Gasteiger partial charge is 0.333 e. The largest absolute Gasteiger partial charge is 0.428 e. The molecule has 0 bridgehead atoms. The van der Waals surface area contributed by atoms with Crippen molar-refractivity contribution in [1.82, 2.24) is 0 Å². The monoisotopic (exact) mass is 332 g/mol. The van der Waals surface area contributed by atoms with Crippen LogP contribution in [-0.4, -0.2) is 28.6 Å². The van der Waals surface area contributed by atoms with Gasteiger partial charge in [-0.2, -0.15) is 0 Å².